The molecule has 6 nitrogen and oxygen atoms in total. The highest BCUT2D eigenvalue weighted by atomic mass is 35.5. The number of esters is 1. The summed E-state index contributed by atoms with van der Waals surface area (Å²) in [5.41, 5.74) is 1.92. The van der Waals surface area contributed by atoms with Crippen molar-refractivity contribution in [3.05, 3.63) is 58.6 Å². The Labute approximate surface area is 168 Å². The van der Waals surface area contributed by atoms with E-state index in [9.17, 15) is 18.0 Å². The fourth-order valence-corrected chi connectivity index (χ4v) is 5.17. The molecule has 1 aliphatic rings. The van der Waals surface area contributed by atoms with Crippen LogP contribution in [0.1, 0.15) is 28.8 Å². The van der Waals surface area contributed by atoms with Crippen LogP contribution in [0.25, 0.3) is 0 Å². The molecule has 28 heavy (non-hydrogen) atoms. The molecule has 0 saturated carbocycles. The van der Waals surface area contributed by atoms with E-state index in [-0.39, 0.29) is 29.8 Å². The minimum atomic E-state index is -3.02. The van der Waals surface area contributed by atoms with Crippen LogP contribution in [-0.2, 0) is 14.6 Å². The third-order valence-electron chi connectivity index (χ3n) is 4.57. The van der Waals surface area contributed by atoms with Gasteiger partial charge in [0.15, 0.2) is 9.84 Å². The van der Waals surface area contributed by atoms with Gasteiger partial charge in [-0.15, -0.1) is 0 Å². The summed E-state index contributed by atoms with van der Waals surface area (Å²) in [4.78, 5) is 24.4. The molecule has 8 heteroatoms. The van der Waals surface area contributed by atoms with Gasteiger partial charge in [0, 0.05) is 22.7 Å². The number of anilines is 1. The van der Waals surface area contributed by atoms with Gasteiger partial charge in [0.25, 0.3) is 5.91 Å². The number of nitrogens with one attached hydrogen (secondary N) is 1. The zero-order chi connectivity index (χ0) is 20.3. The Kier molecular flexibility index (Phi) is 6.05. The van der Waals surface area contributed by atoms with Gasteiger partial charge in [-0.05, 0) is 67.3 Å². The number of carbonyl (C=O) groups excluding carboxylic acids is 2. The minimum absolute atomic E-state index is 0.0331. The summed E-state index contributed by atoms with van der Waals surface area (Å²) in [6.45, 7) is 1.85. The Balaban J connectivity index is 1.57. The monoisotopic (exact) mass is 421 g/mol. The lowest BCUT2D eigenvalue weighted by Crippen LogP contribution is -2.15. The van der Waals surface area contributed by atoms with Crippen molar-refractivity contribution in [3.63, 3.8) is 0 Å². The number of sulfone groups is 1. The van der Waals surface area contributed by atoms with E-state index in [1.165, 1.54) is 12.1 Å². The van der Waals surface area contributed by atoms with Crippen LogP contribution in [-0.4, -0.2) is 31.8 Å². The van der Waals surface area contributed by atoms with Crippen LogP contribution in [0.15, 0.2) is 42.5 Å². The number of benzene rings is 2. The second kappa shape index (κ2) is 8.32. The number of carbonyl (C=O) groups is 2. The molecule has 0 spiro atoms. The van der Waals surface area contributed by atoms with Crippen molar-refractivity contribution >= 4 is 39.0 Å². The van der Waals surface area contributed by atoms with Crippen molar-refractivity contribution < 1.29 is 22.7 Å². The summed E-state index contributed by atoms with van der Waals surface area (Å²) in [5, 5.41) is 3.40. The molecule has 1 heterocycles. The minimum Gasteiger partial charge on any atom is -0.427 e. The van der Waals surface area contributed by atoms with Gasteiger partial charge >= 0.3 is 5.97 Å². The maximum Gasteiger partial charge on any atom is 0.311 e. The van der Waals surface area contributed by atoms with E-state index in [1.54, 1.807) is 30.3 Å². The number of rotatable bonds is 5. The summed E-state index contributed by atoms with van der Waals surface area (Å²) in [7, 11) is -3.02. The number of hydrogen-bond donors (Lipinski definition) is 1. The standard InChI is InChI=1S/C20H20ClNO5S/c1-13-10-16(21)4-7-18(13)22-20(24)15-2-5-17(6-3-15)27-19(23)11-14-8-9-28(25,26)12-14/h2-7,10,14H,8-9,11-12H2,1H3,(H,22,24). The fourth-order valence-electron chi connectivity index (χ4n) is 3.08. The van der Waals surface area contributed by atoms with Gasteiger partial charge < -0.3 is 10.1 Å². The summed E-state index contributed by atoms with van der Waals surface area (Å²) in [5.74, 6) is -0.488. The Morgan fingerprint density at radius 3 is 2.50 bits per heavy atom. The molecule has 148 valence electrons. The van der Waals surface area contributed by atoms with Crippen molar-refractivity contribution in [1.82, 2.24) is 0 Å². The third kappa shape index (κ3) is 5.33. The predicted molar refractivity (Wildman–Crippen MR) is 108 cm³/mol. The molecular formula is C20H20ClNO5S. The van der Waals surface area contributed by atoms with Gasteiger partial charge in [0.1, 0.15) is 5.75 Å². The molecular weight excluding hydrogens is 402 g/mol. The first-order valence-corrected chi connectivity index (χ1v) is 11.0. The first-order valence-electron chi connectivity index (χ1n) is 8.80. The zero-order valence-electron chi connectivity index (χ0n) is 15.3. The molecule has 3 rings (SSSR count). The van der Waals surface area contributed by atoms with Gasteiger partial charge in [0.2, 0.25) is 0 Å². The van der Waals surface area contributed by atoms with Gasteiger partial charge in [-0.1, -0.05) is 11.6 Å². The fraction of sp³-hybridized carbons (Fsp3) is 0.300. The molecule has 1 unspecified atom stereocenters. The van der Waals surface area contributed by atoms with Crippen LogP contribution in [0, 0.1) is 12.8 Å². The Morgan fingerprint density at radius 2 is 1.89 bits per heavy atom. The molecule has 1 fully saturated rings. The molecule has 1 atom stereocenters. The van der Waals surface area contributed by atoms with Gasteiger partial charge in [-0.3, -0.25) is 9.59 Å². The topological polar surface area (TPSA) is 89.5 Å². The van der Waals surface area contributed by atoms with Crippen molar-refractivity contribution in [1.29, 1.82) is 0 Å². The summed E-state index contributed by atoms with van der Waals surface area (Å²) >= 11 is 5.91. The van der Waals surface area contributed by atoms with Gasteiger partial charge in [-0.25, -0.2) is 8.42 Å². The molecule has 2 aromatic carbocycles. The average Bonchev–Trinajstić information content (AvgIpc) is 2.96. The number of hydrogen-bond acceptors (Lipinski definition) is 5. The van der Waals surface area contributed by atoms with Crippen LogP contribution in [0.3, 0.4) is 0 Å². The van der Waals surface area contributed by atoms with Gasteiger partial charge in [0.05, 0.1) is 11.5 Å². The van der Waals surface area contributed by atoms with Crippen molar-refractivity contribution in [3.8, 4) is 5.75 Å². The van der Waals surface area contributed by atoms with E-state index in [1.807, 2.05) is 6.92 Å². The molecule has 1 aliphatic heterocycles. The maximum atomic E-state index is 12.4. The van der Waals surface area contributed by atoms with Crippen LogP contribution >= 0.6 is 11.6 Å². The zero-order valence-corrected chi connectivity index (χ0v) is 16.8. The third-order valence-corrected chi connectivity index (χ3v) is 6.64. The predicted octanol–water partition coefficient (Wildman–Crippen LogP) is 3.63. The first kappa shape index (κ1) is 20.4. The second-order valence-electron chi connectivity index (χ2n) is 6.89. The van der Waals surface area contributed by atoms with Crippen LogP contribution in [0.5, 0.6) is 5.75 Å². The quantitative estimate of drug-likeness (QED) is 0.588. The van der Waals surface area contributed by atoms with E-state index < -0.39 is 15.8 Å². The number of ether oxygens (including phenoxy) is 1. The highest BCUT2D eigenvalue weighted by Gasteiger charge is 2.30. The highest BCUT2D eigenvalue weighted by molar-refractivity contribution is 7.91. The van der Waals surface area contributed by atoms with Gasteiger partial charge in [-0.2, -0.15) is 0 Å². The maximum absolute atomic E-state index is 12.4. The number of amides is 1. The lowest BCUT2D eigenvalue weighted by Gasteiger charge is -2.10. The lowest BCUT2D eigenvalue weighted by atomic mass is 10.1. The smallest absolute Gasteiger partial charge is 0.311 e. The molecule has 1 N–H and O–H groups in total. The van der Waals surface area contributed by atoms with Crippen LogP contribution in [0.4, 0.5) is 5.69 Å². The number of aryl methyl sites for hydroxylation is 1. The lowest BCUT2D eigenvalue weighted by molar-refractivity contribution is -0.135. The Hall–Kier alpha value is -2.38. The first-order chi connectivity index (χ1) is 13.2. The molecule has 0 aromatic heterocycles. The Morgan fingerprint density at radius 1 is 1.18 bits per heavy atom. The highest BCUT2D eigenvalue weighted by Crippen LogP contribution is 2.23. The molecule has 0 aliphatic carbocycles. The summed E-state index contributed by atoms with van der Waals surface area (Å²) < 4.78 is 28.2. The van der Waals surface area contributed by atoms with E-state index in [0.29, 0.717) is 28.4 Å². The summed E-state index contributed by atoms with van der Waals surface area (Å²) in [6, 6.07) is 11.4. The van der Waals surface area contributed by atoms with Crippen molar-refractivity contribution in [2.24, 2.45) is 5.92 Å². The van der Waals surface area contributed by atoms with E-state index in [0.717, 1.165) is 5.56 Å². The normalized spacial score (nSPS) is 17.9. The summed E-state index contributed by atoms with van der Waals surface area (Å²) in [6.07, 6.45) is 0.554. The molecule has 0 bridgehead atoms. The van der Waals surface area contributed by atoms with E-state index in [4.69, 9.17) is 16.3 Å². The largest absolute Gasteiger partial charge is 0.427 e. The van der Waals surface area contributed by atoms with Crippen LogP contribution in [0.2, 0.25) is 5.02 Å². The molecule has 0 radical (unpaired) electrons. The van der Waals surface area contributed by atoms with E-state index in [2.05, 4.69) is 5.32 Å². The SMILES string of the molecule is Cc1cc(Cl)ccc1NC(=O)c1ccc(OC(=O)CC2CCS(=O)(=O)C2)cc1. The van der Waals surface area contributed by atoms with Crippen molar-refractivity contribution in [2.45, 2.75) is 19.8 Å². The Bertz CT molecular complexity index is 1000. The average molecular weight is 422 g/mol. The molecule has 2 aromatic rings. The second-order valence-corrected chi connectivity index (χ2v) is 9.55. The van der Waals surface area contributed by atoms with E-state index >= 15 is 0 Å². The number of halogens is 1. The molecule has 1 saturated heterocycles. The molecule has 1 amide bonds. The van der Waals surface area contributed by atoms with Crippen LogP contribution < -0.4 is 10.1 Å². The van der Waals surface area contributed by atoms with Crippen molar-refractivity contribution in [2.75, 3.05) is 16.8 Å².